The molecule has 0 unspecified atom stereocenters. The highest BCUT2D eigenvalue weighted by molar-refractivity contribution is 7.90. The molecule has 1 heterocycles. The van der Waals surface area contributed by atoms with Crippen molar-refractivity contribution in [2.45, 2.75) is 11.8 Å². The summed E-state index contributed by atoms with van der Waals surface area (Å²) >= 11 is 0. The molecule has 1 N–H and O–H groups in total. The van der Waals surface area contributed by atoms with Crippen LogP contribution in [0.15, 0.2) is 41.3 Å². The number of sulfone groups is 1. The molecule has 2 rings (SSSR count). The number of pyridine rings is 1. The molecule has 20 heavy (non-hydrogen) atoms. The summed E-state index contributed by atoms with van der Waals surface area (Å²) in [5, 5.41) is 12.0. The van der Waals surface area contributed by atoms with Gasteiger partial charge in [-0.05, 0) is 43.3 Å². The first kappa shape index (κ1) is 14.0. The second kappa shape index (κ2) is 5.31. The monoisotopic (exact) mass is 287 g/mol. The Hall–Kier alpha value is -2.39. The maximum Gasteiger partial charge on any atom is 0.175 e. The van der Waals surface area contributed by atoms with Gasteiger partial charge < -0.3 is 5.32 Å². The smallest absolute Gasteiger partial charge is 0.175 e. The predicted molar refractivity (Wildman–Crippen MR) is 76.5 cm³/mol. The number of hydrogen-bond acceptors (Lipinski definition) is 5. The minimum Gasteiger partial charge on any atom is -0.339 e. The van der Waals surface area contributed by atoms with Gasteiger partial charge >= 0.3 is 0 Å². The summed E-state index contributed by atoms with van der Waals surface area (Å²) < 4.78 is 22.7. The van der Waals surface area contributed by atoms with E-state index in [4.69, 9.17) is 5.26 Å². The van der Waals surface area contributed by atoms with Crippen LogP contribution in [-0.4, -0.2) is 19.7 Å². The van der Waals surface area contributed by atoms with E-state index in [1.807, 2.05) is 6.92 Å². The molecular weight excluding hydrogens is 274 g/mol. The Balaban J connectivity index is 2.32. The lowest BCUT2D eigenvalue weighted by molar-refractivity contribution is 0.602. The van der Waals surface area contributed by atoms with E-state index in [0.29, 0.717) is 17.1 Å². The van der Waals surface area contributed by atoms with Crippen molar-refractivity contribution in [3.8, 4) is 6.07 Å². The Morgan fingerprint density at radius 2 is 1.80 bits per heavy atom. The van der Waals surface area contributed by atoms with Gasteiger partial charge in [-0.1, -0.05) is 0 Å². The number of nitrogens with zero attached hydrogens (tertiary/aromatic N) is 2. The average molecular weight is 287 g/mol. The maximum atomic E-state index is 11.4. The van der Waals surface area contributed by atoms with Crippen LogP contribution >= 0.6 is 0 Å². The third-order valence-electron chi connectivity index (χ3n) is 2.70. The summed E-state index contributed by atoms with van der Waals surface area (Å²) in [6.07, 6.45) is 1.16. The number of nitriles is 1. The van der Waals surface area contributed by atoms with Crippen LogP contribution in [0.4, 0.5) is 11.5 Å². The summed E-state index contributed by atoms with van der Waals surface area (Å²) in [5.41, 5.74) is 1.90. The Bertz CT molecular complexity index is 775. The van der Waals surface area contributed by atoms with Crippen molar-refractivity contribution in [3.05, 3.63) is 47.7 Å². The van der Waals surface area contributed by atoms with Gasteiger partial charge in [0.1, 0.15) is 11.9 Å². The Morgan fingerprint density at radius 3 is 2.35 bits per heavy atom. The van der Waals surface area contributed by atoms with Crippen LogP contribution in [0, 0.1) is 18.3 Å². The fraction of sp³-hybridized carbons (Fsp3) is 0.143. The maximum absolute atomic E-state index is 11.4. The summed E-state index contributed by atoms with van der Waals surface area (Å²) in [4.78, 5) is 4.51. The average Bonchev–Trinajstić information content (AvgIpc) is 2.38. The van der Waals surface area contributed by atoms with E-state index < -0.39 is 9.84 Å². The number of benzene rings is 1. The minimum absolute atomic E-state index is 0.251. The molecule has 6 heteroatoms. The molecule has 0 aliphatic heterocycles. The van der Waals surface area contributed by atoms with Crippen molar-refractivity contribution in [2.24, 2.45) is 0 Å². The normalized spacial score (nSPS) is 10.8. The van der Waals surface area contributed by atoms with Gasteiger partial charge in [0.15, 0.2) is 9.84 Å². The first-order valence-electron chi connectivity index (χ1n) is 5.85. The standard InChI is InChI=1S/C14H13N3O2S/c1-10-3-4-11(9-15)14(16-10)17-12-5-7-13(8-6-12)20(2,18)19/h3-8H,1-2H3,(H,16,17). The highest BCUT2D eigenvalue weighted by Crippen LogP contribution is 2.20. The molecule has 0 atom stereocenters. The fourth-order valence-corrected chi connectivity index (χ4v) is 2.29. The highest BCUT2D eigenvalue weighted by Gasteiger charge is 2.08. The number of rotatable bonds is 3. The van der Waals surface area contributed by atoms with Crippen LogP contribution in [0.3, 0.4) is 0 Å². The van der Waals surface area contributed by atoms with Gasteiger partial charge in [0.2, 0.25) is 0 Å². The quantitative estimate of drug-likeness (QED) is 0.937. The topological polar surface area (TPSA) is 82.9 Å². The van der Waals surface area contributed by atoms with E-state index in [9.17, 15) is 8.42 Å². The van der Waals surface area contributed by atoms with Crippen LogP contribution in [0.1, 0.15) is 11.3 Å². The van der Waals surface area contributed by atoms with E-state index in [1.54, 1.807) is 24.3 Å². The van der Waals surface area contributed by atoms with Crippen molar-refractivity contribution in [1.29, 1.82) is 5.26 Å². The second-order valence-corrected chi connectivity index (χ2v) is 6.40. The molecule has 0 saturated heterocycles. The lowest BCUT2D eigenvalue weighted by atomic mass is 10.2. The van der Waals surface area contributed by atoms with Crippen LogP contribution in [0.2, 0.25) is 0 Å². The molecule has 0 radical (unpaired) electrons. The van der Waals surface area contributed by atoms with Crippen molar-refractivity contribution in [3.63, 3.8) is 0 Å². The van der Waals surface area contributed by atoms with E-state index >= 15 is 0 Å². The minimum atomic E-state index is -3.21. The SMILES string of the molecule is Cc1ccc(C#N)c(Nc2ccc(S(C)(=O)=O)cc2)n1. The molecule has 0 saturated carbocycles. The summed E-state index contributed by atoms with van der Waals surface area (Å²) in [7, 11) is -3.21. The summed E-state index contributed by atoms with van der Waals surface area (Å²) in [6, 6.07) is 11.8. The van der Waals surface area contributed by atoms with E-state index in [1.165, 1.54) is 12.1 Å². The fourth-order valence-electron chi connectivity index (χ4n) is 1.66. The van der Waals surface area contributed by atoms with Crippen LogP contribution in [0.25, 0.3) is 0 Å². The first-order chi connectivity index (χ1) is 9.40. The number of anilines is 2. The van der Waals surface area contributed by atoms with Crippen LogP contribution in [0.5, 0.6) is 0 Å². The van der Waals surface area contributed by atoms with Gasteiger partial charge in [0, 0.05) is 17.6 Å². The van der Waals surface area contributed by atoms with Gasteiger partial charge in [-0.25, -0.2) is 13.4 Å². The summed E-state index contributed by atoms with van der Waals surface area (Å²) in [6.45, 7) is 1.83. The van der Waals surface area contributed by atoms with Crippen LogP contribution < -0.4 is 5.32 Å². The number of hydrogen-bond donors (Lipinski definition) is 1. The predicted octanol–water partition coefficient (Wildman–Crippen LogP) is 2.41. The van der Waals surface area contributed by atoms with Gasteiger partial charge in [-0.15, -0.1) is 0 Å². The molecule has 0 aliphatic rings. The third-order valence-corrected chi connectivity index (χ3v) is 3.83. The number of aromatic nitrogens is 1. The molecular formula is C14H13N3O2S. The zero-order chi connectivity index (χ0) is 14.8. The number of aryl methyl sites for hydroxylation is 1. The summed E-state index contributed by atoms with van der Waals surface area (Å²) in [5.74, 6) is 0.458. The van der Waals surface area contributed by atoms with Crippen molar-refractivity contribution in [1.82, 2.24) is 4.98 Å². The molecule has 0 aliphatic carbocycles. The first-order valence-corrected chi connectivity index (χ1v) is 7.74. The number of nitrogens with one attached hydrogen (secondary N) is 1. The van der Waals surface area contributed by atoms with Crippen molar-refractivity contribution in [2.75, 3.05) is 11.6 Å². The Kier molecular flexibility index (Phi) is 3.72. The molecule has 0 amide bonds. The van der Waals surface area contributed by atoms with Gasteiger partial charge in [0.05, 0.1) is 10.5 Å². The molecule has 102 valence electrons. The third kappa shape index (κ3) is 3.13. The molecule has 0 fully saturated rings. The molecule has 0 bridgehead atoms. The molecule has 1 aromatic carbocycles. The zero-order valence-electron chi connectivity index (χ0n) is 11.1. The van der Waals surface area contributed by atoms with Gasteiger partial charge in [-0.3, -0.25) is 0 Å². The molecule has 2 aromatic rings. The lowest BCUT2D eigenvalue weighted by Crippen LogP contribution is -2.00. The van der Waals surface area contributed by atoms with Crippen molar-refractivity contribution < 1.29 is 8.42 Å². The molecule has 0 spiro atoms. The van der Waals surface area contributed by atoms with Crippen LogP contribution in [-0.2, 0) is 9.84 Å². The van der Waals surface area contributed by atoms with Gasteiger partial charge in [-0.2, -0.15) is 5.26 Å². The zero-order valence-corrected chi connectivity index (χ0v) is 11.9. The van der Waals surface area contributed by atoms with E-state index in [0.717, 1.165) is 11.9 Å². The lowest BCUT2D eigenvalue weighted by Gasteiger charge is -2.08. The van der Waals surface area contributed by atoms with Crippen molar-refractivity contribution >= 4 is 21.3 Å². The molecule has 5 nitrogen and oxygen atoms in total. The van der Waals surface area contributed by atoms with E-state index in [2.05, 4.69) is 16.4 Å². The second-order valence-electron chi connectivity index (χ2n) is 4.38. The highest BCUT2D eigenvalue weighted by atomic mass is 32.2. The Morgan fingerprint density at radius 1 is 1.15 bits per heavy atom. The largest absolute Gasteiger partial charge is 0.339 e. The molecule has 1 aromatic heterocycles. The van der Waals surface area contributed by atoms with Gasteiger partial charge in [0.25, 0.3) is 0 Å². The van der Waals surface area contributed by atoms with E-state index in [-0.39, 0.29) is 4.90 Å². The Labute approximate surface area is 117 Å².